The lowest BCUT2D eigenvalue weighted by Gasteiger charge is -2.15. The average Bonchev–Trinajstić information content (AvgIpc) is 3.20. The highest BCUT2D eigenvalue weighted by molar-refractivity contribution is 7.90. The van der Waals surface area contributed by atoms with Crippen molar-refractivity contribution in [2.45, 2.75) is 30.2 Å². The minimum Gasteiger partial charge on any atom is -0.478 e. The second-order valence-corrected chi connectivity index (χ2v) is 8.55. The summed E-state index contributed by atoms with van der Waals surface area (Å²) in [5.41, 5.74) is -0.711. The van der Waals surface area contributed by atoms with E-state index >= 15 is 0 Å². The molecule has 0 atom stereocenters. The van der Waals surface area contributed by atoms with E-state index in [0.29, 0.717) is 12.0 Å². The summed E-state index contributed by atoms with van der Waals surface area (Å²) in [5.74, 6) is -1.82. The van der Waals surface area contributed by atoms with Crippen LogP contribution >= 0.6 is 0 Å². The van der Waals surface area contributed by atoms with Crippen molar-refractivity contribution < 1.29 is 35.9 Å². The molecule has 0 saturated carbocycles. The van der Waals surface area contributed by atoms with E-state index in [4.69, 9.17) is 4.42 Å². The fourth-order valence-corrected chi connectivity index (χ4v) is 4.84. The first-order valence-corrected chi connectivity index (χ1v) is 10.5. The molecule has 0 amide bonds. The molecule has 1 N–H and O–H groups in total. The molecule has 0 bridgehead atoms. The highest BCUT2D eigenvalue weighted by Crippen LogP contribution is 2.35. The normalized spacial score (nSPS) is 12.1. The molecule has 0 radical (unpaired) electrons. The summed E-state index contributed by atoms with van der Waals surface area (Å²) in [7, 11) is -4.16. The fraction of sp³-hybridized carbons (Fsp3) is 0.190. The molecular formula is C21H17F3O5S. The van der Waals surface area contributed by atoms with Crippen molar-refractivity contribution in [3.63, 3.8) is 0 Å². The van der Waals surface area contributed by atoms with E-state index in [1.807, 2.05) is 0 Å². The smallest absolute Gasteiger partial charge is 0.416 e. The lowest BCUT2D eigenvalue weighted by Crippen LogP contribution is -2.12. The number of carboxylic acids is 1. The maximum atomic E-state index is 13.2. The predicted molar refractivity (Wildman–Crippen MR) is 103 cm³/mol. The number of sulfone groups is 1. The van der Waals surface area contributed by atoms with Crippen LogP contribution in [0.3, 0.4) is 0 Å². The van der Waals surface area contributed by atoms with Crippen molar-refractivity contribution in [3.8, 4) is 11.3 Å². The van der Waals surface area contributed by atoms with E-state index in [1.54, 1.807) is 6.92 Å². The number of benzene rings is 2. The van der Waals surface area contributed by atoms with Gasteiger partial charge in [0, 0.05) is 5.56 Å². The van der Waals surface area contributed by atoms with Gasteiger partial charge in [0.15, 0.2) is 9.84 Å². The first kappa shape index (κ1) is 21.6. The third-order valence-corrected chi connectivity index (χ3v) is 6.34. The minimum absolute atomic E-state index is 0.0949. The minimum atomic E-state index is -4.65. The van der Waals surface area contributed by atoms with E-state index < -0.39 is 33.3 Å². The Bertz CT molecular complexity index is 1180. The van der Waals surface area contributed by atoms with Gasteiger partial charge in [-0.2, -0.15) is 13.2 Å². The van der Waals surface area contributed by atoms with Gasteiger partial charge >= 0.3 is 12.1 Å². The van der Waals surface area contributed by atoms with Crippen LogP contribution in [-0.4, -0.2) is 19.5 Å². The van der Waals surface area contributed by atoms with Crippen LogP contribution in [0.5, 0.6) is 0 Å². The Labute approximate surface area is 170 Å². The van der Waals surface area contributed by atoms with Crippen molar-refractivity contribution in [1.29, 1.82) is 0 Å². The summed E-state index contributed by atoms with van der Waals surface area (Å²) < 4.78 is 71.2. The lowest BCUT2D eigenvalue weighted by molar-refractivity contribution is -0.137. The van der Waals surface area contributed by atoms with Gasteiger partial charge in [-0.3, -0.25) is 0 Å². The quantitative estimate of drug-likeness (QED) is 0.572. The Kier molecular flexibility index (Phi) is 5.76. The van der Waals surface area contributed by atoms with Crippen LogP contribution < -0.4 is 0 Å². The zero-order chi connectivity index (χ0) is 22.1. The number of carboxylic acid groups (broad SMARTS) is 1. The molecule has 0 aliphatic carbocycles. The number of aryl methyl sites for hydroxylation is 1. The second-order valence-electron chi connectivity index (χ2n) is 6.59. The monoisotopic (exact) mass is 438 g/mol. The van der Waals surface area contributed by atoms with Crippen LogP contribution in [0.1, 0.15) is 34.0 Å². The molecule has 2 aromatic carbocycles. The molecule has 3 aromatic rings. The maximum absolute atomic E-state index is 13.2. The van der Waals surface area contributed by atoms with E-state index in [2.05, 4.69) is 0 Å². The SMILES string of the molecule is CCc1ccc(C(=O)O)cc1S(=O)(=O)Cc1cc(C(F)(F)F)ccc1-c1ccco1. The molecule has 1 heterocycles. The van der Waals surface area contributed by atoms with Gasteiger partial charge in [0.2, 0.25) is 0 Å². The van der Waals surface area contributed by atoms with E-state index in [-0.39, 0.29) is 27.3 Å². The molecule has 0 unspecified atom stereocenters. The van der Waals surface area contributed by atoms with Crippen LogP contribution in [0.2, 0.25) is 0 Å². The number of hydrogen-bond donors (Lipinski definition) is 1. The summed E-state index contributed by atoms with van der Waals surface area (Å²) in [6.45, 7) is 1.70. The Morgan fingerprint density at radius 2 is 1.80 bits per heavy atom. The molecule has 30 heavy (non-hydrogen) atoms. The number of carbonyl (C=O) groups is 1. The lowest BCUT2D eigenvalue weighted by atomic mass is 10.0. The van der Waals surface area contributed by atoms with Crippen molar-refractivity contribution in [2.75, 3.05) is 0 Å². The standard InChI is InChI=1S/C21H17F3O5S/c1-2-13-5-6-14(20(25)26)11-19(13)30(27,28)12-15-10-16(21(22,23)24)7-8-17(15)18-4-3-9-29-18/h3-11H,2,12H2,1H3,(H,25,26). The molecule has 0 fully saturated rings. The summed E-state index contributed by atoms with van der Waals surface area (Å²) in [4.78, 5) is 11.1. The number of halogens is 3. The van der Waals surface area contributed by atoms with Crippen LogP contribution in [0.15, 0.2) is 64.1 Å². The molecule has 0 saturated heterocycles. The summed E-state index contributed by atoms with van der Waals surface area (Å²) in [6.07, 6.45) is -3.02. The molecule has 1 aromatic heterocycles. The van der Waals surface area contributed by atoms with Gasteiger partial charge in [-0.15, -0.1) is 0 Å². The fourth-order valence-electron chi connectivity index (χ4n) is 3.11. The molecule has 158 valence electrons. The number of aromatic carboxylic acids is 1. The van der Waals surface area contributed by atoms with Crippen molar-refractivity contribution >= 4 is 15.8 Å². The molecule has 0 aliphatic heterocycles. The Hall–Kier alpha value is -3.07. The Morgan fingerprint density at radius 3 is 2.37 bits per heavy atom. The zero-order valence-electron chi connectivity index (χ0n) is 15.7. The largest absolute Gasteiger partial charge is 0.478 e. The first-order valence-electron chi connectivity index (χ1n) is 8.86. The summed E-state index contributed by atoms with van der Waals surface area (Å²) >= 11 is 0. The van der Waals surface area contributed by atoms with E-state index in [0.717, 1.165) is 18.2 Å². The third-order valence-electron chi connectivity index (χ3n) is 4.59. The van der Waals surface area contributed by atoms with Crippen molar-refractivity contribution in [2.24, 2.45) is 0 Å². The highest BCUT2D eigenvalue weighted by Gasteiger charge is 2.32. The molecular weight excluding hydrogens is 421 g/mol. The summed E-state index contributed by atoms with van der Waals surface area (Å²) in [5, 5.41) is 9.19. The average molecular weight is 438 g/mol. The van der Waals surface area contributed by atoms with Crippen LogP contribution in [0.4, 0.5) is 13.2 Å². The zero-order valence-corrected chi connectivity index (χ0v) is 16.5. The molecule has 5 nitrogen and oxygen atoms in total. The van der Waals surface area contributed by atoms with Crippen LogP contribution in [0, 0.1) is 0 Å². The number of alkyl halides is 3. The summed E-state index contributed by atoms with van der Waals surface area (Å²) in [6, 6.07) is 9.59. The van der Waals surface area contributed by atoms with Gasteiger partial charge < -0.3 is 9.52 Å². The van der Waals surface area contributed by atoms with Gasteiger partial charge in [-0.25, -0.2) is 13.2 Å². The molecule has 0 spiro atoms. The van der Waals surface area contributed by atoms with Gasteiger partial charge in [-0.1, -0.05) is 19.1 Å². The van der Waals surface area contributed by atoms with Gasteiger partial charge in [0.05, 0.1) is 28.0 Å². The molecule has 3 rings (SSSR count). The number of hydrogen-bond acceptors (Lipinski definition) is 4. The van der Waals surface area contributed by atoms with Gasteiger partial charge in [0.1, 0.15) is 5.76 Å². The van der Waals surface area contributed by atoms with E-state index in [1.165, 1.54) is 36.6 Å². The first-order chi connectivity index (χ1) is 14.0. The molecule has 0 aliphatic rings. The maximum Gasteiger partial charge on any atom is 0.416 e. The topological polar surface area (TPSA) is 84.6 Å². The van der Waals surface area contributed by atoms with E-state index in [9.17, 15) is 31.5 Å². The molecule has 9 heteroatoms. The second kappa shape index (κ2) is 7.98. The van der Waals surface area contributed by atoms with Crippen LogP contribution in [0.25, 0.3) is 11.3 Å². The van der Waals surface area contributed by atoms with Crippen molar-refractivity contribution in [1.82, 2.24) is 0 Å². The Morgan fingerprint density at radius 1 is 1.07 bits per heavy atom. The van der Waals surface area contributed by atoms with Gasteiger partial charge in [-0.05, 0) is 53.9 Å². The third kappa shape index (κ3) is 4.40. The number of rotatable bonds is 6. The van der Waals surface area contributed by atoms with Crippen molar-refractivity contribution in [3.05, 3.63) is 77.0 Å². The highest BCUT2D eigenvalue weighted by atomic mass is 32.2. The number of furan rings is 1. The van der Waals surface area contributed by atoms with Gasteiger partial charge in [0.25, 0.3) is 0 Å². The Balaban J connectivity index is 2.15. The van der Waals surface area contributed by atoms with Crippen LogP contribution in [-0.2, 0) is 28.2 Å². The predicted octanol–water partition coefficient (Wildman–Crippen LogP) is 5.20.